The summed E-state index contributed by atoms with van der Waals surface area (Å²) in [6, 6.07) is 25.1. The lowest BCUT2D eigenvalue weighted by molar-refractivity contribution is -0.131. The van der Waals surface area contributed by atoms with Crippen LogP contribution in [0.15, 0.2) is 84.9 Å². The molecule has 0 unspecified atom stereocenters. The summed E-state index contributed by atoms with van der Waals surface area (Å²) in [5, 5.41) is 14.4. The van der Waals surface area contributed by atoms with Gasteiger partial charge in [0.15, 0.2) is 5.60 Å². The molecule has 5 nitrogen and oxygen atoms in total. The minimum absolute atomic E-state index is 0.0117. The molecule has 0 aliphatic carbocycles. The Morgan fingerprint density at radius 1 is 0.818 bits per heavy atom. The monoisotopic (exact) mass is 442 g/mol. The molecule has 1 fully saturated rings. The fourth-order valence-corrected chi connectivity index (χ4v) is 4.68. The van der Waals surface area contributed by atoms with Crippen molar-refractivity contribution in [3.05, 3.63) is 102 Å². The summed E-state index contributed by atoms with van der Waals surface area (Å²) in [6.07, 6.45) is 3.17. The Morgan fingerprint density at radius 3 is 1.79 bits per heavy atom. The van der Waals surface area contributed by atoms with Gasteiger partial charge in [0.1, 0.15) is 0 Å². The second-order valence-corrected chi connectivity index (χ2v) is 8.82. The zero-order chi connectivity index (χ0) is 23.4. The Morgan fingerprint density at radius 2 is 1.30 bits per heavy atom. The molecule has 0 bridgehead atoms. The van der Waals surface area contributed by atoms with Crippen LogP contribution in [0, 0.1) is 0 Å². The van der Waals surface area contributed by atoms with Gasteiger partial charge in [-0.1, -0.05) is 60.7 Å². The third kappa shape index (κ3) is 4.55. The molecule has 2 N–H and O–H groups in total. The molecular weight excluding hydrogens is 412 g/mol. The van der Waals surface area contributed by atoms with Crippen molar-refractivity contribution in [1.82, 2.24) is 4.90 Å². The zero-order valence-electron chi connectivity index (χ0n) is 19.1. The van der Waals surface area contributed by atoms with Crippen LogP contribution in [-0.4, -0.2) is 33.9 Å². The second-order valence-electron chi connectivity index (χ2n) is 8.82. The highest BCUT2D eigenvalue weighted by molar-refractivity contribution is 6.01. The molecule has 4 rings (SSSR count). The minimum Gasteiger partial charge on any atom is -0.372 e. The number of likely N-dealkylation sites (tertiary alicyclic amines) is 1. The quantitative estimate of drug-likeness (QED) is 0.587. The van der Waals surface area contributed by atoms with Crippen LogP contribution in [0.5, 0.6) is 0 Å². The molecule has 1 heterocycles. The largest absolute Gasteiger partial charge is 0.372 e. The molecule has 2 amide bonds. The first-order chi connectivity index (χ1) is 15.9. The number of rotatable bonds is 5. The van der Waals surface area contributed by atoms with Crippen LogP contribution in [0.3, 0.4) is 0 Å². The van der Waals surface area contributed by atoms with Gasteiger partial charge >= 0.3 is 0 Å². The lowest BCUT2D eigenvalue weighted by Crippen LogP contribution is -2.47. The minimum atomic E-state index is -1.85. The van der Waals surface area contributed by atoms with E-state index in [1.165, 1.54) is 0 Å². The van der Waals surface area contributed by atoms with Crippen LogP contribution in [0.1, 0.15) is 54.6 Å². The third-order valence-corrected chi connectivity index (χ3v) is 6.53. The number of aliphatic hydroxyl groups is 1. The summed E-state index contributed by atoms with van der Waals surface area (Å²) in [4.78, 5) is 28.4. The molecule has 1 aliphatic rings. The van der Waals surface area contributed by atoms with E-state index in [4.69, 9.17) is 0 Å². The number of benzene rings is 3. The van der Waals surface area contributed by atoms with E-state index >= 15 is 0 Å². The number of piperidine rings is 1. The van der Waals surface area contributed by atoms with Crippen LogP contribution in [0.25, 0.3) is 0 Å². The molecule has 33 heavy (non-hydrogen) atoms. The molecule has 3 aromatic carbocycles. The first kappa shape index (κ1) is 22.7. The van der Waals surface area contributed by atoms with Gasteiger partial charge < -0.3 is 15.3 Å². The van der Waals surface area contributed by atoms with Crippen LogP contribution in [0.4, 0.5) is 5.69 Å². The summed E-state index contributed by atoms with van der Waals surface area (Å²) in [5.74, 6) is -0.546. The Bertz CT molecular complexity index is 1050. The number of amides is 2. The van der Waals surface area contributed by atoms with E-state index < -0.39 is 11.5 Å². The molecule has 2 atom stereocenters. The van der Waals surface area contributed by atoms with Gasteiger partial charge in [-0.2, -0.15) is 0 Å². The van der Waals surface area contributed by atoms with Gasteiger partial charge in [0.2, 0.25) is 0 Å². The Hall–Kier alpha value is -3.44. The standard InChI is InChI=1S/C28H30N2O3/c1-20-10-9-11-21(2)30(20)26(31)22-16-18-25(19-17-22)29-27(32)28(33,23-12-5-3-6-13-23)24-14-7-4-8-15-24/h3-8,12-21,33H,9-11H2,1-2H3,(H,29,32)/t20-,21+. The number of carbonyl (C=O) groups is 2. The van der Waals surface area contributed by atoms with Crippen LogP contribution in [0.2, 0.25) is 0 Å². The Balaban J connectivity index is 1.56. The fourth-order valence-electron chi connectivity index (χ4n) is 4.68. The van der Waals surface area contributed by atoms with Crippen molar-refractivity contribution in [2.45, 2.75) is 50.8 Å². The SMILES string of the molecule is C[C@@H]1CCC[C@H](C)N1C(=O)c1ccc(NC(=O)C(O)(c2ccccc2)c2ccccc2)cc1. The highest BCUT2D eigenvalue weighted by atomic mass is 16.3. The number of nitrogens with zero attached hydrogens (tertiary/aromatic N) is 1. The lowest BCUT2D eigenvalue weighted by atomic mass is 9.85. The molecular formula is C28H30N2O3. The summed E-state index contributed by atoms with van der Waals surface area (Å²) >= 11 is 0. The maximum atomic E-state index is 13.4. The third-order valence-electron chi connectivity index (χ3n) is 6.53. The van der Waals surface area contributed by atoms with E-state index in [1.54, 1.807) is 72.8 Å². The second kappa shape index (κ2) is 9.59. The number of anilines is 1. The van der Waals surface area contributed by atoms with Gasteiger partial charge in [-0.15, -0.1) is 0 Å². The molecule has 0 aromatic heterocycles. The van der Waals surface area contributed by atoms with Crippen LogP contribution < -0.4 is 5.32 Å². The van der Waals surface area contributed by atoms with Gasteiger partial charge in [0, 0.05) is 23.3 Å². The average molecular weight is 443 g/mol. The van der Waals surface area contributed by atoms with Gasteiger partial charge in [-0.3, -0.25) is 9.59 Å². The average Bonchev–Trinajstić information content (AvgIpc) is 2.85. The molecule has 0 radical (unpaired) electrons. The maximum Gasteiger partial charge on any atom is 0.265 e. The number of hydrogen-bond acceptors (Lipinski definition) is 3. The number of hydrogen-bond donors (Lipinski definition) is 2. The fraction of sp³-hybridized carbons (Fsp3) is 0.286. The highest BCUT2D eigenvalue weighted by Crippen LogP contribution is 2.31. The summed E-state index contributed by atoms with van der Waals surface area (Å²) in [5.41, 5.74) is 0.217. The van der Waals surface area contributed by atoms with Crippen molar-refractivity contribution in [1.29, 1.82) is 0 Å². The summed E-state index contributed by atoms with van der Waals surface area (Å²) < 4.78 is 0. The van der Waals surface area contributed by atoms with E-state index in [9.17, 15) is 14.7 Å². The van der Waals surface area contributed by atoms with Gasteiger partial charge in [-0.05, 0) is 68.5 Å². The molecule has 1 aliphatic heterocycles. The van der Waals surface area contributed by atoms with E-state index in [0.29, 0.717) is 22.4 Å². The number of carbonyl (C=O) groups excluding carboxylic acids is 2. The highest BCUT2D eigenvalue weighted by Gasteiger charge is 2.40. The Labute approximate surface area is 195 Å². The maximum absolute atomic E-state index is 13.4. The first-order valence-corrected chi connectivity index (χ1v) is 11.5. The van der Waals surface area contributed by atoms with E-state index in [2.05, 4.69) is 19.2 Å². The predicted molar refractivity (Wildman–Crippen MR) is 130 cm³/mol. The lowest BCUT2D eigenvalue weighted by Gasteiger charge is -2.39. The molecule has 170 valence electrons. The van der Waals surface area contributed by atoms with Gasteiger partial charge in [0.05, 0.1) is 0 Å². The van der Waals surface area contributed by atoms with Crippen molar-refractivity contribution in [3.8, 4) is 0 Å². The van der Waals surface area contributed by atoms with Gasteiger partial charge in [0.25, 0.3) is 11.8 Å². The summed E-state index contributed by atoms with van der Waals surface area (Å²) in [6.45, 7) is 4.19. The Kier molecular flexibility index (Phi) is 6.61. The van der Waals surface area contributed by atoms with E-state index in [0.717, 1.165) is 19.3 Å². The number of nitrogens with one attached hydrogen (secondary N) is 1. The molecule has 0 saturated carbocycles. The van der Waals surface area contributed by atoms with Crippen molar-refractivity contribution in [2.75, 3.05) is 5.32 Å². The van der Waals surface area contributed by atoms with Crippen LogP contribution >= 0.6 is 0 Å². The van der Waals surface area contributed by atoms with Crippen LogP contribution in [-0.2, 0) is 10.4 Å². The first-order valence-electron chi connectivity index (χ1n) is 11.5. The molecule has 3 aromatic rings. The smallest absolute Gasteiger partial charge is 0.265 e. The zero-order valence-corrected chi connectivity index (χ0v) is 19.1. The van der Waals surface area contributed by atoms with Crippen molar-refractivity contribution in [2.24, 2.45) is 0 Å². The predicted octanol–water partition coefficient (Wildman–Crippen LogP) is 4.96. The van der Waals surface area contributed by atoms with Crippen molar-refractivity contribution < 1.29 is 14.7 Å². The van der Waals surface area contributed by atoms with E-state index in [-0.39, 0.29) is 18.0 Å². The molecule has 1 saturated heterocycles. The van der Waals surface area contributed by atoms with E-state index in [1.807, 2.05) is 17.0 Å². The summed E-state index contributed by atoms with van der Waals surface area (Å²) in [7, 11) is 0. The molecule has 5 heteroatoms. The van der Waals surface area contributed by atoms with Gasteiger partial charge in [-0.25, -0.2) is 0 Å². The van der Waals surface area contributed by atoms with Crippen molar-refractivity contribution >= 4 is 17.5 Å². The van der Waals surface area contributed by atoms with Crippen molar-refractivity contribution in [3.63, 3.8) is 0 Å². The topological polar surface area (TPSA) is 69.6 Å². The normalized spacial score (nSPS) is 18.6. The molecule has 0 spiro atoms.